The van der Waals surface area contributed by atoms with Gasteiger partial charge >= 0.3 is 11.9 Å². The Morgan fingerprint density at radius 2 is 1.65 bits per heavy atom. The molecule has 0 saturated carbocycles. The maximum atomic E-state index is 12.0. The molecule has 2 N–H and O–H groups in total. The number of ketones is 1. The molecule has 0 unspecified atom stereocenters. The maximum Gasteiger partial charge on any atom is 0.414 e. The van der Waals surface area contributed by atoms with Gasteiger partial charge in [0.1, 0.15) is 0 Å². The van der Waals surface area contributed by atoms with Crippen molar-refractivity contribution in [2.75, 3.05) is 46.8 Å². The van der Waals surface area contributed by atoms with Gasteiger partial charge in [0, 0.05) is 40.3 Å². The summed E-state index contributed by atoms with van der Waals surface area (Å²) in [6.07, 6.45) is 1.47. The highest BCUT2D eigenvalue weighted by atomic mass is 32.2. The number of nitrogens with zero attached hydrogens (tertiary/aromatic N) is 3. The molecule has 1 fully saturated rings. The zero-order valence-electron chi connectivity index (χ0n) is 14.4. The Kier molecular flexibility index (Phi) is 7.89. The fourth-order valence-electron chi connectivity index (χ4n) is 2.07. The molecule has 0 amide bonds. The van der Waals surface area contributed by atoms with Crippen LogP contribution in [0.5, 0.6) is 0 Å². The van der Waals surface area contributed by atoms with E-state index in [1.54, 1.807) is 12.1 Å². The minimum absolute atomic E-state index is 0.0843. The first-order valence-electron chi connectivity index (χ1n) is 7.48. The van der Waals surface area contributed by atoms with Crippen molar-refractivity contribution in [2.45, 2.75) is 0 Å². The summed E-state index contributed by atoms with van der Waals surface area (Å²) in [5.74, 6) is -3.39. The van der Waals surface area contributed by atoms with Gasteiger partial charge in [-0.05, 0) is 12.1 Å². The molecule has 2 rings (SSSR count). The lowest BCUT2D eigenvalue weighted by Gasteiger charge is -2.34. The number of piperazine rings is 1. The fourth-order valence-corrected chi connectivity index (χ4v) is 3.15. The molecule has 0 aromatic carbocycles. The first kappa shape index (κ1) is 21.8. The topological polar surface area (TPSA) is 149 Å². The Morgan fingerprint density at radius 1 is 1.12 bits per heavy atom. The van der Waals surface area contributed by atoms with Crippen LogP contribution in [0.3, 0.4) is 0 Å². The second-order valence-corrected chi connectivity index (χ2v) is 7.62. The van der Waals surface area contributed by atoms with Gasteiger partial charge in [-0.1, -0.05) is 0 Å². The molecule has 0 bridgehead atoms. The van der Waals surface area contributed by atoms with Gasteiger partial charge in [0.05, 0.1) is 12.8 Å². The molecule has 0 atom stereocenters. The third-order valence-corrected chi connectivity index (χ3v) is 5.41. The number of carbonyl (C=O) groups is 3. The molecule has 1 aromatic rings. The number of hydrogen-bond donors (Lipinski definition) is 2. The molecule has 0 radical (unpaired) electrons. The van der Waals surface area contributed by atoms with Crippen molar-refractivity contribution in [1.82, 2.24) is 13.5 Å². The van der Waals surface area contributed by atoms with E-state index in [0.717, 1.165) is 0 Å². The van der Waals surface area contributed by atoms with Crippen LogP contribution in [0.1, 0.15) is 10.6 Å². The predicted molar refractivity (Wildman–Crippen MR) is 88.9 cm³/mol. The van der Waals surface area contributed by atoms with Crippen molar-refractivity contribution in [2.24, 2.45) is 0 Å². The van der Waals surface area contributed by atoms with Gasteiger partial charge in [-0.3, -0.25) is 9.69 Å². The van der Waals surface area contributed by atoms with E-state index in [9.17, 15) is 13.2 Å². The lowest BCUT2D eigenvalue weighted by molar-refractivity contribution is -0.159. The van der Waals surface area contributed by atoms with Crippen LogP contribution in [0, 0.1) is 0 Å². The minimum Gasteiger partial charge on any atom is -0.473 e. The van der Waals surface area contributed by atoms with Gasteiger partial charge in [-0.15, -0.1) is 0 Å². The number of carbonyl (C=O) groups excluding carboxylic acids is 1. The average molecular weight is 391 g/mol. The highest BCUT2D eigenvalue weighted by molar-refractivity contribution is 7.86. The molecule has 0 aliphatic carbocycles. The second-order valence-electron chi connectivity index (χ2n) is 5.48. The summed E-state index contributed by atoms with van der Waals surface area (Å²) < 4.78 is 31.6. The number of rotatable bonds is 5. The van der Waals surface area contributed by atoms with E-state index in [4.69, 9.17) is 24.2 Å². The van der Waals surface area contributed by atoms with Crippen molar-refractivity contribution in [1.29, 1.82) is 0 Å². The summed E-state index contributed by atoms with van der Waals surface area (Å²) in [6.45, 7) is 2.13. The van der Waals surface area contributed by atoms with Crippen LogP contribution in [0.2, 0.25) is 0 Å². The molecule has 12 heteroatoms. The quantitative estimate of drug-likeness (QED) is 0.478. The van der Waals surface area contributed by atoms with E-state index in [2.05, 4.69) is 0 Å². The number of carboxylic acid groups (broad SMARTS) is 2. The Hall–Kier alpha value is -2.28. The molecular weight excluding hydrogens is 370 g/mol. The van der Waals surface area contributed by atoms with Crippen LogP contribution in [-0.2, 0) is 19.8 Å². The maximum absolute atomic E-state index is 12.0. The Morgan fingerprint density at radius 3 is 2.04 bits per heavy atom. The summed E-state index contributed by atoms with van der Waals surface area (Å²) in [7, 11) is -0.326. The number of hydrogen-bond acceptors (Lipinski definition) is 7. The standard InChI is InChI=1S/C12H19N3O4S.C2H2O4/c1-13(2)20(17,18)15-7-5-14(6-8-15)10-11(16)12-4-3-9-19-12;3-1(4)2(5)6/h3-4,9H,5-8,10H2,1-2H3;(H,3,4)(H,5,6). The molecule has 1 aliphatic heterocycles. The summed E-state index contributed by atoms with van der Waals surface area (Å²) >= 11 is 0. The van der Waals surface area contributed by atoms with Crippen LogP contribution in [-0.4, -0.2) is 96.7 Å². The van der Waals surface area contributed by atoms with E-state index in [1.165, 1.54) is 29.0 Å². The highest BCUT2D eigenvalue weighted by Gasteiger charge is 2.29. The monoisotopic (exact) mass is 391 g/mol. The molecule has 2 heterocycles. The Labute approximate surface area is 150 Å². The van der Waals surface area contributed by atoms with Crippen LogP contribution >= 0.6 is 0 Å². The summed E-state index contributed by atoms with van der Waals surface area (Å²) in [5.41, 5.74) is 0. The lowest BCUT2D eigenvalue weighted by Crippen LogP contribution is -2.52. The third-order valence-electron chi connectivity index (χ3n) is 3.47. The lowest BCUT2D eigenvalue weighted by atomic mass is 10.2. The molecule has 146 valence electrons. The highest BCUT2D eigenvalue weighted by Crippen LogP contribution is 2.10. The van der Waals surface area contributed by atoms with Gasteiger partial charge in [-0.2, -0.15) is 17.0 Å². The molecule has 0 spiro atoms. The van der Waals surface area contributed by atoms with Crippen LogP contribution in [0.4, 0.5) is 0 Å². The van der Waals surface area contributed by atoms with Crippen molar-refractivity contribution in [3.05, 3.63) is 24.2 Å². The summed E-state index contributed by atoms with van der Waals surface area (Å²) in [6, 6.07) is 3.31. The Balaban J connectivity index is 0.000000487. The number of carboxylic acids is 2. The van der Waals surface area contributed by atoms with Crippen molar-refractivity contribution in [3.8, 4) is 0 Å². The van der Waals surface area contributed by atoms with E-state index < -0.39 is 22.1 Å². The van der Waals surface area contributed by atoms with Crippen LogP contribution in [0.15, 0.2) is 22.8 Å². The van der Waals surface area contributed by atoms with Crippen molar-refractivity contribution >= 4 is 27.9 Å². The van der Waals surface area contributed by atoms with Crippen LogP contribution < -0.4 is 0 Å². The minimum atomic E-state index is -3.36. The smallest absolute Gasteiger partial charge is 0.414 e. The first-order chi connectivity index (χ1) is 12.1. The van der Waals surface area contributed by atoms with Gasteiger partial charge < -0.3 is 14.6 Å². The van der Waals surface area contributed by atoms with E-state index in [-0.39, 0.29) is 12.3 Å². The molecule has 26 heavy (non-hydrogen) atoms. The molecule has 1 aliphatic rings. The molecular formula is C14H21N3O8S. The largest absolute Gasteiger partial charge is 0.473 e. The summed E-state index contributed by atoms with van der Waals surface area (Å²) in [4.78, 5) is 32.0. The SMILES string of the molecule is CN(C)S(=O)(=O)N1CCN(CC(=O)c2ccco2)CC1.O=C(O)C(=O)O. The van der Waals surface area contributed by atoms with Gasteiger partial charge in [0.2, 0.25) is 5.78 Å². The average Bonchev–Trinajstić information content (AvgIpc) is 3.10. The fraction of sp³-hybridized carbons (Fsp3) is 0.500. The predicted octanol–water partition coefficient (Wildman–Crippen LogP) is -0.958. The molecule has 1 aromatic heterocycles. The number of furan rings is 1. The zero-order chi connectivity index (χ0) is 19.9. The summed E-state index contributed by atoms with van der Waals surface area (Å²) in [5, 5.41) is 14.8. The van der Waals surface area contributed by atoms with E-state index >= 15 is 0 Å². The van der Waals surface area contributed by atoms with E-state index in [0.29, 0.717) is 31.9 Å². The van der Waals surface area contributed by atoms with E-state index in [1.807, 2.05) is 4.90 Å². The second kappa shape index (κ2) is 9.43. The number of aliphatic carboxylic acids is 2. The Bertz CT molecular complexity index is 709. The first-order valence-corrected chi connectivity index (χ1v) is 8.88. The number of Topliss-reactive ketones (excluding diaryl/α,β-unsaturated/α-hetero) is 1. The van der Waals surface area contributed by atoms with Gasteiger partial charge in [0.15, 0.2) is 5.76 Å². The zero-order valence-corrected chi connectivity index (χ0v) is 15.2. The van der Waals surface area contributed by atoms with Gasteiger partial charge in [0.25, 0.3) is 10.2 Å². The van der Waals surface area contributed by atoms with Crippen molar-refractivity contribution < 1.29 is 37.4 Å². The molecule has 11 nitrogen and oxygen atoms in total. The van der Waals surface area contributed by atoms with Crippen molar-refractivity contribution in [3.63, 3.8) is 0 Å². The van der Waals surface area contributed by atoms with Gasteiger partial charge in [-0.25, -0.2) is 9.59 Å². The third kappa shape index (κ3) is 6.22. The normalized spacial score (nSPS) is 16.0. The van der Waals surface area contributed by atoms with Crippen LogP contribution in [0.25, 0.3) is 0 Å². The molecule has 1 saturated heterocycles.